The first-order valence-corrected chi connectivity index (χ1v) is 6.53. The van der Waals surface area contributed by atoms with Crippen LogP contribution in [0.3, 0.4) is 0 Å². The molecule has 3 nitrogen and oxygen atoms in total. The van der Waals surface area contributed by atoms with Gasteiger partial charge in [0.1, 0.15) is 5.82 Å². The van der Waals surface area contributed by atoms with Gasteiger partial charge in [-0.05, 0) is 18.6 Å². The van der Waals surface area contributed by atoms with Gasteiger partial charge in [0.15, 0.2) is 0 Å². The van der Waals surface area contributed by atoms with Crippen LogP contribution in [0.2, 0.25) is 0 Å². The second kappa shape index (κ2) is 5.63. The van der Waals surface area contributed by atoms with Crippen molar-refractivity contribution in [3.05, 3.63) is 52.0 Å². The number of aromatic nitrogens is 2. The molecule has 0 aliphatic carbocycles. The molecule has 5 heteroatoms. The first kappa shape index (κ1) is 13.2. The Balaban J connectivity index is 2.16. The summed E-state index contributed by atoms with van der Waals surface area (Å²) in [6.45, 7) is 2.26. The fourth-order valence-corrected chi connectivity index (χ4v) is 2.03. The third-order valence-electron chi connectivity index (χ3n) is 2.77. The molecular weight excluding hydrogens is 299 g/mol. The van der Waals surface area contributed by atoms with Crippen molar-refractivity contribution in [2.45, 2.75) is 26.0 Å². The van der Waals surface area contributed by atoms with Crippen LogP contribution < -0.4 is 0 Å². The monoisotopic (exact) mass is 312 g/mol. The Morgan fingerprint density at radius 2 is 2.28 bits per heavy atom. The van der Waals surface area contributed by atoms with Crippen LogP contribution in [0.5, 0.6) is 0 Å². The lowest BCUT2D eigenvalue weighted by atomic mass is 10.1. The molecule has 0 radical (unpaired) electrons. The highest BCUT2D eigenvalue weighted by molar-refractivity contribution is 9.10. The van der Waals surface area contributed by atoms with E-state index in [0.29, 0.717) is 23.0 Å². The summed E-state index contributed by atoms with van der Waals surface area (Å²) in [5.41, 5.74) is 1.33. The zero-order valence-electron chi connectivity index (χ0n) is 9.98. The van der Waals surface area contributed by atoms with Crippen LogP contribution in [0.1, 0.15) is 30.6 Å². The summed E-state index contributed by atoms with van der Waals surface area (Å²) in [4.78, 5) is 0. The summed E-state index contributed by atoms with van der Waals surface area (Å²) in [5, 5.41) is 13.8. The third kappa shape index (κ3) is 2.97. The number of aliphatic hydroxyl groups excluding tert-OH is 1. The molecule has 2 aromatic rings. The predicted octanol–water partition coefficient (Wildman–Crippen LogP) is 3.28. The third-order valence-corrected chi connectivity index (χ3v) is 3.27. The van der Waals surface area contributed by atoms with E-state index in [4.69, 9.17) is 0 Å². The highest BCUT2D eigenvalue weighted by Crippen LogP contribution is 2.18. The molecule has 0 aliphatic heterocycles. The molecule has 96 valence electrons. The van der Waals surface area contributed by atoms with Crippen LogP contribution in [0, 0.1) is 5.82 Å². The van der Waals surface area contributed by atoms with Gasteiger partial charge in [-0.1, -0.05) is 28.9 Å². The maximum absolute atomic E-state index is 13.6. The second-order valence-corrected chi connectivity index (χ2v) is 5.05. The Kier molecular flexibility index (Phi) is 4.14. The van der Waals surface area contributed by atoms with Crippen molar-refractivity contribution < 1.29 is 9.50 Å². The Labute approximate surface area is 113 Å². The van der Waals surface area contributed by atoms with Gasteiger partial charge in [0.2, 0.25) is 0 Å². The van der Waals surface area contributed by atoms with Crippen molar-refractivity contribution in [1.82, 2.24) is 9.78 Å². The molecule has 18 heavy (non-hydrogen) atoms. The normalized spacial score (nSPS) is 12.7. The van der Waals surface area contributed by atoms with Gasteiger partial charge < -0.3 is 5.11 Å². The van der Waals surface area contributed by atoms with Gasteiger partial charge in [0.05, 0.1) is 18.8 Å². The van der Waals surface area contributed by atoms with E-state index >= 15 is 0 Å². The first-order valence-electron chi connectivity index (χ1n) is 5.74. The molecule has 2 rings (SSSR count). The van der Waals surface area contributed by atoms with Gasteiger partial charge in [0, 0.05) is 21.8 Å². The summed E-state index contributed by atoms with van der Waals surface area (Å²) in [5.74, 6) is -0.266. The number of aliphatic hydroxyl groups is 1. The van der Waals surface area contributed by atoms with E-state index in [-0.39, 0.29) is 5.82 Å². The van der Waals surface area contributed by atoms with Crippen LogP contribution in [0.4, 0.5) is 4.39 Å². The van der Waals surface area contributed by atoms with Crippen molar-refractivity contribution in [1.29, 1.82) is 0 Å². The molecule has 1 heterocycles. The van der Waals surface area contributed by atoms with Crippen LogP contribution >= 0.6 is 15.9 Å². The quantitative estimate of drug-likeness (QED) is 0.941. The van der Waals surface area contributed by atoms with Crippen molar-refractivity contribution in [2.75, 3.05) is 0 Å². The minimum atomic E-state index is -0.506. The molecule has 1 unspecified atom stereocenters. The Bertz CT molecular complexity index is 542. The Morgan fingerprint density at radius 3 is 2.94 bits per heavy atom. The zero-order chi connectivity index (χ0) is 13.1. The zero-order valence-corrected chi connectivity index (χ0v) is 11.6. The standard InChI is InChI=1S/C13H14BrFN2O/c1-2-13(18)10-6-16-17(8-10)7-9-3-4-11(14)5-12(9)15/h3-6,8,13,18H,2,7H2,1H3. The topological polar surface area (TPSA) is 38.1 Å². The molecule has 0 saturated heterocycles. The second-order valence-electron chi connectivity index (χ2n) is 4.13. The van der Waals surface area contributed by atoms with Gasteiger partial charge in [-0.3, -0.25) is 4.68 Å². The van der Waals surface area contributed by atoms with Crippen LogP contribution in [-0.2, 0) is 6.54 Å². The first-order chi connectivity index (χ1) is 8.60. The van der Waals surface area contributed by atoms with Gasteiger partial charge >= 0.3 is 0 Å². The van der Waals surface area contributed by atoms with E-state index in [2.05, 4.69) is 21.0 Å². The molecule has 0 bridgehead atoms. The average molecular weight is 313 g/mol. The maximum Gasteiger partial charge on any atom is 0.129 e. The highest BCUT2D eigenvalue weighted by atomic mass is 79.9. The van der Waals surface area contributed by atoms with Gasteiger partial charge in [0.25, 0.3) is 0 Å². The van der Waals surface area contributed by atoms with E-state index < -0.39 is 6.10 Å². The smallest absolute Gasteiger partial charge is 0.129 e. The molecular formula is C13H14BrFN2O. The minimum Gasteiger partial charge on any atom is -0.388 e. The molecule has 1 aromatic carbocycles. The number of hydrogen-bond donors (Lipinski definition) is 1. The molecule has 0 saturated carbocycles. The molecule has 0 aliphatic rings. The van der Waals surface area contributed by atoms with Gasteiger partial charge in [-0.25, -0.2) is 4.39 Å². The van der Waals surface area contributed by atoms with Gasteiger partial charge in [-0.15, -0.1) is 0 Å². The minimum absolute atomic E-state index is 0.266. The number of rotatable bonds is 4. The largest absolute Gasteiger partial charge is 0.388 e. The molecule has 0 fully saturated rings. The van der Waals surface area contributed by atoms with Crippen LogP contribution in [0.25, 0.3) is 0 Å². The lowest BCUT2D eigenvalue weighted by Gasteiger charge is -2.05. The summed E-state index contributed by atoms with van der Waals surface area (Å²) in [6, 6.07) is 4.95. The van der Waals surface area contributed by atoms with Crippen molar-refractivity contribution >= 4 is 15.9 Å². The summed E-state index contributed by atoms with van der Waals surface area (Å²) in [6.07, 6.45) is 3.49. The maximum atomic E-state index is 13.6. The van der Waals surface area contributed by atoms with Crippen LogP contribution in [-0.4, -0.2) is 14.9 Å². The molecule has 0 amide bonds. The van der Waals surface area contributed by atoms with E-state index in [1.165, 1.54) is 6.07 Å². The molecule has 0 spiro atoms. The van der Waals surface area contributed by atoms with Gasteiger partial charge in [-0.2, -0.15) is 5.10 Å². The highest BCUT2D eigenvalue weighted by Gasteiger charge is 2.09. The lowest BCUT2D eigenvalue weighted by molar-refractivity contribution is 0.173. The summed E-state index contributed by atoms with van der Waals surface area (Å²) >= 11 is 3.22. The Morgan fingerprint density at radius 1 is 1.50 bits per heavy atom. The fourth-order valence-electron chi connectivity index (χ4n) is 1.70. The van der Waals surface area contributed by atoms with E-state index in [0.717, 1.165) is 5.56 Å². The Hall–Kier alpha value is -1.20. The van der Waals surface area contributed by atoms with E-state index in [1.54, 1.807) is 29.2 Å². The molecule has 1 N–H and O–H groups in total. The lowest BCUT2D eigenvalue weighted by Crippen LogP contribution is -2.02. The average Bonchev–Trinajstić information content (AvgIpc) is 2.80. The van der Waals surface area contributed by atoms with E-state index in [1.807, 2.05) is 6.92 Å². The predicted molar refractivity (Wildman–Crippen MR) is 70.7 cm³/mol. The van der Waals surface area contributed by atoms with Crippen molar-refractivity contribution in [3.8, 4) is 0 Å². The van der Waals surface area contributed by atoms with Crippen LogP contribution in [0.15, 0.2) is 35.1 Å². The van der Waals surface area contributed by atoms with Crippen molar-refractivity contribution in [3.63, 3.8) is 0 Å². The number of benzene rings is 1. The number of halogens is 2. The fraction of sp³-hybridized carbons (Fsp3) is 0.308. The SMILES string of the molecule is CCC(O)c1cnn(Cc2ccc(Br)cc2F)c1. The van der Waals surface area contributed by atoms with E-state index in [9.17, 15) is 9.50 Å². The molecule has 1 aromatic heterocycles. The number of nitrogens with zero attached hydrogens (tertiary/aromatic N) is 2. The summed E-state index contributed by atoms with van der Waals surface area (Å²) < 4.78 is 16.0. The van der Waals surface area contributed by atoms with Crippen molar-refractivity contribution in [2.24, 2.45) is 0 Å². The summed E-state index contributed by atoms with van der Waals surface area (Å²) in [7, 11) is 0. The number of hydrogen-bond acceptors (Lipinski definition) is 2. The molecule has 1 atom stereocenters.